The summed E-state index contributed by atoms with van der Waals surface area (Å²) in [5.41, 5.74) is 0. The lowest BCUT2D eigenvalue weighted by Gasteiger charge is -2.03. The van der Waals surface area contributed by atoms with Gasteiger partial charge in [-0.05, 0) is 6.92 Å². The minimum absolute atomic E-state index is 0.000541. The lowest BCUT2D eigenvalue weighted by atomic mass is 10.4. The molecule has 3 N–H and O–H groups in total. The summed E-state index contributed by atoms with van der Waals surface area (Å²) in [6, 6.07) is 2.38. The van der Waals surface area contributed by atoms with Gasteiger partial charge < -0.3 is 9.52 Å². The molecule has 0 aromatic carbocycles. The molecule has 8 nitrogen and oxygen atoms in total. The average molecular weight is 271 g/mol. The lowest BCUT2D eigenvalue weighted by molar-refractivity contribution is 0.0661. The largest absolute Gasteiger partial charge is 0.475 e. The monoisotopic (exact) mass is 271 g/mol. The van der Waals surface area contributed by atoms with Gasteiger partial charge in [0.25, 0.3) is 10.0 Å². The number of carbonyl (C=O) groups is 1. The number of aromatic carboxylic acids is 1. The van der Waals surface area contributed by atoms with Crippen LogP contribution in [0.25, 0.3) is 0 Å². The summed E-state index contributed by atoms with van der Waals surface area (Å²) in [6.45, 7) is 1.37. The Hall–Kier alpha value is -2.29. The van der Waals surface area contributed by atoms with Gasteiger partial charge in [0.05, 0.1) is 6.20 Å². The fourth-order valence-electron chi connectivity index (χ4n) is 1.35. The standard InChI is InChI=1S/C9H9N3O5S/c1-5-7(4-6(17-5)9(13)14)18(15,16)12-8-2-3-10-11-8/h2-4H,1H3,(H,13,14)(H2,10,11,12). The van der Waals surface area contributed by atoms with Crippen molar-refractivity contribution in [3.8, 4) is 0 Å². The van der Waals surface area contributed by atoms with Crippen LogP contribution in [-0.4, -0.2) is 29.7 Å². The van der Waals surface area contributed by atoms with Crippen molar-refractivity contribution in [3.05, 3.63) is 29.9 Å². The Morgan fingerprint density at radius 3 is 2.78 bits per heavy atom. The van der Waals surface area contributed by atoms with Crippen LogP contribution in [0, 0.1) is 6.92 Å². The first-order valence-corrected chi connectivity index (χ1v) is 6.24. The van der Waals surface area contributed by atoms with E-state index in [9.17, 15) is 13.2 Å². The van der Waals surface area contributed by atoms with E-state index in [1.54, 1.807) is 0 Å². The first kappa shape index (κ1) is 12.2. The molecule has 0 aliphatic rings. The van der Waals surface area contributed by atoms with Crippen LogP contribution in [0.5, 0.6) is 0 Å². The topological polar surface area (TPSA) is 125 Å². The first-order chi connectivity index (χ1) is 8.40. The molecule has 2 aromatic rings. The Balaban J connectivity index is 2.38. The van der Waals surface area contributed by atoms with Gasteiger partial charge in [0.2, 0.25) is 5.76 Å². The summed E-state index contributed by atoms with van der Waals surface area (Å²) in [5.74, 6) is -1.59. The molecule has 0 saturated heterocycles. The van der Waals surface area contributed by atoms with Crippen LogP contribution in [0.4, 0.5) is 5.82 Å². The van der Waals surface area contributed by atoms with Crippen LogP contribution in [-0.2, 0) is 10.0 Å². The zero-order valence-corrected chi connectivity index (χ0v) is 9.98. The van der Waals surface area contributed by atoms with Gasteiger partial charge >= 0.3 is 5.97 Å². The third-order valence-corrected chi connectivity index (χ3v) is 3.59. The van der Waals surface area contributed by atoms with Crippen LogP contribution in [0.2, 0.25) is 0 Å². The zero-order chi connectivity index (χ0) is 13.3. The van der Waals surface area contributed by atoms with Gasteiger partial charge in [0.15, 0.2) is 0 Å². The number of aromatic nitrogens is 2. The molecule has 2 aromatic heterocycles. The third-order valence-electron chi connectivity index (χ3n) is 2.12. The van der Waals surface area contributed by atoms with Crippen LogP contribution in [0.3, 0.4) is 0 Å². The van der Waals surface area contributed by atoms with E-state index in [4.69, 9.17) is 9.52 Å². The third kappa shape index (κ3) is 2.20. The smallest absolute Gasteiger partial charge is 0.371 e. The Labute approximate surface area is 102 Å². The number of carboxylic acid groups (broad SMARTS) is 1. The number of aryl methyl sites for hydroxylation is 1. The molecule has 96 valence electrons. The molecule has 0 bridgehead atoms. The fraction of sp³-hybridized carbons (Fsp3) is 0.111. The second kappa shape index (κ2) is 4.18. The van der Waals surface area contributed by atoms with E-state index in [-0.39, 0.29) is 16.5 Å². The number of hydrogen-bond donors (Lipinski definition) is 3. The highest BCUT2D eigenvalue weighted by atomic mass is 32.2. The number of rotatable bonds is 4. The minimum Gasteiger partial charge on any atom is -0.475 e. The summed E-state index contributed by atoms with van der Waals surface area (Å²) in [7, 11) is -3.90. The van der Waals surface area contributed by atoms with Crippen molar-refractivity contribution in [1.82, 2.24) is 10.2 Å². The molecule has 0 spiro atoms. The molecule has 0 saturated carbocycles. The number of sulfonamides is 1. The number of nitrogens with one attached hydrogen (secondary N) is 2. The first-order valence-electron chi connectivity index (χ1n) is 4.76. The number of hydrogen-bond acceptors (Lipinski definition) is 5. The molecule has 2 heterocycles. The van der Waals surface area contributed by atoms with Gasteiger partial charge in [-0.25, -0.2) is 13.2 Å². The Bertz CT molecular complexity index is 671. The second-order valence-electron chi connectivity index (χ2n) is 3.41. The van der Waals surface area contributed by atoms with Crippen molar-refractivity contribution in [2.45, 2.75) is 11.8 Å². The van der Waals surface area contributed by atoms with Crippen molar-refractivity contribution in [1.29, 1.82) is 0 Å². The minimum atomic E-state index is -3.90. The molecule has 0 unspecified atom stereocenters. The molecule has 0 fully saturated rings. The highest BCUT2D eigenvalue weighted by Crippen LogP contribution is 2.22. The highest BCUT2D eigenvalue weighted by molar-refractivity contribution is 7.92. The Kier molecular flexibility index (Phi) is 2.83. The van der Waals surface area contributed by atoms with Crippen molar-refractivity contribution >= 4 is 21.8 Å². The van der Waals surface area contributed by atoms with Gasteiger partial charge in [-0.3, -0.25) is 9.82 Å². The van der Waals surface area contributed by atoms with E-state index in [0.717, 1.165) is 6.07 Å². The zero-order valence-electron chi connectivity index (χ0n) is 9.17. The molecule has 2 rings (SSSR count). The number of H-pyrrole nitrogens is 1. The van der Waals surface area contributed by atoms with E-state index >= 15 is 0 Å². The molecule has 0 radical (unpaired) electrons. The maximum atomic E-state index is 11.9. The number of furan rings is 1. The highest BCUT2D eigenvalue weighted by Gasteiger charge is 2.24. The van der Waals surface area contributed by atoms with E-state index in [2.05, 4.69) is 14.9 Å². The van der Waals surface area contributed by atoms with Crippen LogP contribution in [0.1, 0.15) is 16.3 Å². The fourth-order valence-corrected chi connectivity index (χ4v) is 2.55. The van der Waals surface area contributed by atoms with Gasteiger partial charge in [-0.15, -0.1) is 0 Å². The van der Waals surface area contributed by atoms with Crippen LogP contribution < -0.4 is 4.72 Å². The summed E-state index contributed by atoms with van der Waals surface area (Å²) in [4.78, 5) is 10.5. The van der Waals surface area contributed by atoms with E-state index in [1.807, 2.05) is 0 Å². The van der Waals surface area contributed by atoms with Gasteiger partial charge in [-0.1, -0.05) is 0 Å². The van der Waals surface area contributed by atoms with Crippen molar-refractivity contribution in [2.24, 2.45) is 0 Å². The summed E-state index contributed by atoms with van der Waals surface area (Å²) in [6.07, 6.45) is 1.38. The molecule has 0 amide bonds. The summed E-state index contributed by atoms with van der Waals surface area (Å²) >= 11 is 0. The van der Waals surface area contributed by atoms with Crippen molar-refractivity contribution in [2.75, 3.05) is 4.72 Å². The van der Waals surface area contributed by atoms with Gasteiger partial charge in [-0.2, -0.15) is 5.10 Å². The summed E-state index contributed by atoms with van der Waals surface area (Å²) in [5, 5.41) is 14.7. The number of aromatic amines is 1. The normalized spacial score (nSPS) is 11.4. The Morgan fingerprint density at radius 2 is 2.28 bits per heavy atom. The molecule has 9 heteroatoms. The van der Waals surface area contributed by atoms with Gasteiger partial charge in [0.1, 0.15) is 16.5 Å². The predicted octanol–water partition coefficient (Wildman–Crippen LogP) is 0.810. The SMILES string of the molecule is Cc1oc(C(=O)O)cc1S(=O)(=O)Nc1ccn[nH]1. The maximum Gasteiger partial charge on any atom is 0.371 e. The van der Waals surface area contributed by atoms with E-state index in [1.165, 1.54) is 19.2 Å². The second-order valence-corrected chi connectivity index (χ2v) is 5.06. The molecular weight excluding hydrogens is 262 g/mol. The lowest BCUT2D eigenvalue weighted by Crippen LogP contribution is -2.13. The molecule has 18 heavy (non-hydrogen) atoms. The van der Waals surface area contributed by atoms with E-state index in [0.29, 0.717) is 0 Å². The number of nitrogens with zero attached hydrogens (tertiary/aromatic N) is 1. The Morgan fingerprint density at radius 1 is 1.56 bits per heavy atom. The van der Waals surface area contributed by atoms with Crippen molar-refractivity contribution < 1.29 is 22.7 Å². The van der Waals surface area contributed by atoms with E-state index < -0.39 is 21.8 Å². The van der Waals surface area contributed by atoms with Crippen LogP contribution in [0.15, 0.2) is 27.6 Å². The summed E-state index contributed by atoms with van der Waals surface area (Å²) < 4.78 is 30.9. The molecule has 0 atom stereocenters. The number of anilines is 1. The number of carboxylic acids is 1. The van der Waals surface area contributed by atoms with Gasteiger partial charge in [0, 0.05) is 12.1 Å². The predicted molar refractivity (Wildman–Crippen MR) is 59.8 cm³/mol. The quantitative estimate of drug-likeness (QED) is 0.755. The molecule has 0 aliphatic carbocycles. The average Bonchev–Trinajstić information content (AvgIpc) is 2.86. The van der Waals surface area contributed by atoms with Crippen molar-refractivity contribution in [3.63, 3.8) is 0 Å². The van der Waals surface area contributed by atoms with Crippen LogP contribution >= 0.6 is 0 Å². The molecule has 0 aliphatic heterocycles. The maximum absolute atomic E-state index is 11.9. The molecular formula is C9H9N3O5S.